The minimum Gasteiger partial charge on any atom is -0.348 e. The molecule has 132 valence electrons. The van der Waals surface area contributed by atoms with Crippen molar-refractivity contribution in [1.29, 1.82) is 0 Å². The van der Waals surface area contributed by atoms with Gasteiger partial charge in [-0.3, -0.25) is 4.79 Å². The maximum Gasteiger partial charge on any atom is 0.234 e. The molecule has 3 rings (SSSR count). The van der Waals surface area contributed by atoms with Crippen LogP contribution in [0.25, 0.3) is 0 Å². The van der Waals surface area contributed by atoms with Gasteiger partial charge in [-0.25, -0.2) is 8.78 Å². The molecule has 1 amide bonds. The third-order valence-corrected chi connectivity index (χ3v) is 4.70. The van der Waals surface area contributed by atoms with Gasteiger partial charge in [-0.1, -0.05) is 30.3 Å². The summed E-state index contributed by atoms with van der Waals surface area (Å²) in [5, 5.41) is 6.05. The van der Waals surface area contributed by atoms with Crippen molar-refractivity contribution < 1.29 is 13.6 Å². The highest BCUT2D eigenvalue weighted by atomic mass is 19.1. The van der Waals surface area contributed by atoms with Gasteiger partial charge in [-0.2, -0.15) is 0 Å². The Kier molecular flexibility index (Phi) is 5.43. The molecule has 5 heteroatoms. The van der Waals surface area contributed by atoms with E-state index in [1.165, 1.54) is 23.3 Å². The SMILES string of the molecule is C[C@H](NCC(=O)N[C@@H]1CCCc2ccccc21)c1ccc(F)cc1F. The molecule has 0 aliphatic heterocycles. The molecule has 2 aromatic carbocycles. The first-order valence-electron chi connectivity index (χ1n) is 8.60. The Morgan fingerprint density at radius 3 is 2.84 bits per heavy atom. The molecule has 2 atom stereocenters. The number of aryl methyl sites for hydroxylation is 1. The molecule has 0 radical (unpaired) electrons. The highest BCUT2D eigenvalue weighted by Gasteiger charge is 2.21. The zero-order valence-corrected chi connectivity index (χ0v) is 14.2. The first-order valence-corrected chi connectivity index (χ1v) is 8.60. The fourth-order valence-electron chi connectivity index (χ4n) is 3.36. The van der Waals surface area contributed by atoms with Crippen LogP contribution < -0.4 is 10.6 Å². The number of carbonyl (C=O) groups is 1. The number of nitrogens with one attached hydrogen (secondary N) is 2. The average molecular weight is 344 g/mol. The van der Waals surface area contributed by atoms with E-state index in [1.807, 2.05) is 12.1 Å². The number of hydrogen-bond donors (Lipinski definition) is 2. The quantitative estimate of drug-likeness (QED) is 0.866. The number of benzene rings is 2. The molecule has 0 fully saturated rings. The molecule has 0 spiro atoms. The van der Waals surface area contributed by atoms with E-state index < -0.39 is 11.6 Å². The molecule has 0 saturated heterocycles. The van der Waals surface area contributed by atoms with Gasteiger partial charge in [0, 0.05) is 17.7 Å². The van der Waals surface area contributed by atoms with E-state index >= 15 is 0 Å². The number of halogens is 2. The predicted octanol–water partition coefficient (Wildman–Crippen LogP) is 3.81. The van der Waals surface area contributed by atoms with Gasteiger partial charge >= 0.3 is 0 Å². The van der Waals surface area contributed by atoms with E-state index in [9.17, 15) is 13.6 Å². The Bertz CT molecular complexity index is 763. The van der Waals surface area contributed by atoms with Crippen molar-refractivity contribution in [2.75, 3.05) is 6.54 Å². The molecule has 2 aromatic rings. The summed E-state index contributed by atoms with van der Waals surface area (Å²) in [6.07, 6.45) is 3.01. The van der Waals surface area contributed by atoms with Gasteiger partial charge in [0.15, 0.2) is 0 Å². The molecule has 0 aromatic heterocycles. The topological polar surface area (TPSA) is 41.1 Å². The largest absolute Gasteiger partial charge is 0.348 e. The Balaban J connectivity index is 1.57. The highest BCUT2D eigenvalue weighted by Crippen LogP contribution is 2.29. The van der Waals surface area contributed by atoms with Crippen LogP contribution in [0.4, 0.5) is 8.78 Å². The summed E-state index contributed by atoms with van der Waals surface area (Å²) in [5.41, 5.74) is 2.81. The third-order valence-electron chi connectivity index (χ3n) is 4.70. The highest BCUT2D eigenvalue weighted by molar-refractivity contribution is 5.78. The van der Waals surface area contributed by atoms with E-state index in [1.54, 1.807) is 6.92 Å². The smallest absolute Gasteiger partial charge is 0.234 e. The molecular weight excluding hydrogens is 322 g/mol. The van der Waals surface area contributed by atoms with Crippen LogP contribution in [-0.4, -0.2) is 12.5 Å². The number of carbonyl (C=O) groups excluding carboxylic acids is 1. The van der Waals surface area contributed by atoms with Crippen LogP contribution in [-0.2, 0) is 11.2 Å². The molecule has 3 nitrogen and oxygen atoms in total. The first-order chi connectivity index (χ1) is 12.0. The minimum absolute atomic E-state index is 0.0251. The van der Waals surface area contributed by atoms with Crippen molar-refractivity contribution in [1.82, 2.24) is 10.6 Å². The minimum atomic E-state index is -0.610. The molecular formula is C20H22F2N2O. The van der Waals surface area contributed by atoms with Gasteiger partial charge in [0.05, 0.1) is 12.6 Å². The van der Waals surface area contributed by atoms with E-state index in [0.717, 1.165) is 25.3 Å². The number of rotatable bonds is 5. The van der Waals surface area contributed by atoms with Crippen LogP contribution in [0, 0.1) is 11.6 Å². The van der Waals surface area contributed by atoms with Gasteiger partial charge in [0.2, 0.25) is 5.91 Å². The van der Waals surface area contributed by atoms with Gasteiger partial charge in [-0.15, -0.1) is 0 Å². The van der Waals surface area contributed by atoms with Crippen molar-refractivity contribution in [2.45, 2.75) is 38.3 Å². The second-order valence-electron chi connectivity index (χ2n) is 6.48. The summed E-state index contributed by atoms with van der Waals surface area (Å²) in [6, 6.07) is 11.3. The molecule has 25 heavy (non-hydrogen) atoms. The second kappa shape index (κ2) is 7.74. The number of amides is 1. The molecule has 1 aliphatic carbocycles. The first kappa shape index (κ1) is 17.5. The third kappa shape index (κ3) is 4.23. The molecule has 2 N–H and O–H groups in total. The lowest BCUT2D eigenvalue weighted by molar-refractivity contribution is -0.121. The van der Waals surface area contributed by atoms with Crippen molar-refractivity contribution in [2.24, 2.45) is 0 Å². The van der Waals surface area contributed by atoms with Crippen molar-refractivity contribution in [3.05, 3.63) is 70.8 Å². The molecule has 0 heterocycles. The standard InChI is InChI=1S/C20H22F2N2O/c1-13(16-10-9-15(21)11-18(16)22)23-12-20(25)24-19-8-4-6-14-5-2-3-7-17(14)19/h2-3,5,7,9-11,13,19,23H,4,6,8,12H2,1H3,(H,24,25)/t13-,19+/m0/s1. The van der Waals surface area contributed by atoms with Crippen LogP contribution in [0.3, 0.4) is 0 Å². The van der Waals surface area contributed by atoms with Crippen molar-refractivity contribution >= 4 is 5.91 Å². The number of hydrogen-bond acceptors (Lipinski definition) is 2. The van der Waals surface area contributed by atoms with Gasteiger partial charge < -0.3 is 10.6 Å². The van der Waals surface area contributed by atoms with E-state index in [4.69, 9.17) is 0 Å². The van der Waals surface area contributed by atoms with Gasteiger partial charge in [0.25, 0.3) is 0 Å². The van der Waals surface area contributed by atoms with Crippen LogP contribution in [0.5, 0.6) is 0 Å². The Morgan fingerprint density at radius 1 is 1.24 bits per heavy atom. The maximum absolute atomic E-state index is 13.8. The monoisotopic (exact) mass is 344 g/mol. The fourth-order valence-corrected chi connectivity index (χ4v) is 3.36. The zero-order chi connectivity index (χ0) is 17.8. The lowest BCUT2D eigenvalue weighted by Crippen LogP contribution is -2.38. The summed E-state index contributed by atoms with van der Waals surface area (Å²) in [5.74, 6) is -1.35. The predicted molar refractivity (Wildman–Crippen MR) is 93.0 cm³/mol. The van der Waals surface area contributed by atoms with Crippen molar-refractivity contribution in [3.8, 4) is 0 Å². The molecule has 0 unspecified atom stereocenters. The average Bonchev–Trinajstić information content (AvgIpc) is 2.60. The van der Waals surface area contributed by atoms with Crippen LogP contribution >= 0.6 is 0 Å². The zero-order valence-electron chi connectivity index (χ0n) is 14.2. The lowest BCUT2D eigenvalue weighted by atomic mass is 9.88. The van der Waals surface area contributed by atoms with Gasteiger partial charge in [0.1, 0.15) is 11.6 Å². The van der Waals surface area contributed by atoms with E-state index in [0.29, 0.717) is 5.56 Å². The number of fused-ring (bicyclic) bond motifs is 1. The Morgan fingerprint density at radius 2 is 2.04 bits per heavy atom. The van der Waals surface area contributed by atoms with E-state index in [-0.39, 0.29) is 24.5 Å². The second-order valence-corrected chi connectivity index (χ2v) is 6.48. The molecule has 0 saturated carbocycles. The van der Waals surface area contributed by atoms with E-state index in [2.05, 4.69) is 22.8 Å². The normalized spacial score (nSPS) is 17.6. The summed E-state index contributed by atoms with van der Waals surface area (Å²) >= 11 is 0. The fraction of sp³-hybridized carbons (Fsp3) is 0.350. The van der Waals surface area contributed by atoms with Crippen molar-refractivity contribution in [3.63, 3.8) is 0 Å². The summed E-state index contributed by atoms with van der Waals surface area (Å²) in [7, 11) is 0. The molecule has 1 aliphatic rings. The summed E-state index contributed by atoms with van der Waals surface area (Å²) < 4.78 is 26.8. The lowest BCUT2D eigenvalue weighted by Gasteiger charge is -2.26. The van der Waals surface area contributed by atoms with Crippen LogP contribution in [0.2, 0.25) is 0 Å². The maximum atomic E-state index is 13.8. The Hall–Kier alpha value is -2.27. The van der Waals surface area contributed by atoms with Gasteiger partial charge in [-0.05, 0) is 43.4 Å². The Labute approximate surface area is 146 Å². The summed E-state index contributed by atoms with van der Waals surface area (Å²) in [6.45, 7) is 1.83. The van der Waals surface area contributed by atoms with Crippen LogP contribution in [0.15, 0.2) is 42.5 Å². The molecule has 0 bridgehead atoms. The van der Waals surface area contributed by atoms with Crippen LogP contribution in [0.1, 0.15) is 48.5 Å². The summed E-state index contributed by atoms with van der Waals surface area (Å²) in [4.78, 5) is 12.3.